The van der Waals surface area contributed by atoms with Gasteiger partial charge in [-0.15, -0.1) is 0 Å². The Balaban J connectivity index is 2.74. The molecule has 0 unspecified atom stereocenters. The first-order chi connectivity index (χ1) is 10.2. The highest BCUT2D eigenvalue weighted by Gasteiger charge is 2.35. The van der Waals surface area contributed by atoms with Crippen molar-refractivity contribution in [2.45, 2.75) is 44.6 Å². The summed E-state index contributed by atoms with van der Waals surface area (Å²) in [5.41, 5.74) is 5.73. The van der Waals surface area contributed by atoms with Gasteiger partial charge in [-0.05, 0) is 33.3 Å². The number of amidine groups is 1. The molecular formula is C15H25N3O3S. The molecule has 0 amide bonds. The Kier molecular flexibility index (Phi) is 6.52. The van der Waals surface area contributed by atoms with Gasteiger partial charge in [0.05, 0.1) is 28.9 Å². The molecule has 0 aliphatic heterocycles. The van der Waals surface area contributed by atoms with Crippen molar-refractivity contribution in [3.8, 4) is 0 Å². The molecule has 124 valence electrons. The van der Waals surface area contributed by atoms with Crippen LogP contribution in [0.3, 0.4) is 0 Å². The average molecular weight is 327 g/mol. The monoisotopic (exact) mass is 327 g/mol. The first kappa shape index (κ1) is 18.6. The van der Waals surface area contributed by atoms with E-state index in [1.807, 2.05) is 51.1 Å². The number of benzene rings is 1. The third kappa shape index (κ3) is 5.40. The quantitative estimate of drug-likeness (QED) is 0.308. The number of hydrogen-bond donors (Lipinski definition) is 3. The van der Waals surface area contributed by atoms with Crippen molar-refractivity contribution in [3.63, 3.8) is 0 Å². The highest BCUT2D eigenvalue weighted by molar-refractivity contribution is 7.84. The van der Waals surface area contributed by atoms with E-state index in [4.69, 9.17) is 15.7 Å². The molecule has 0 saturated carbocycles. The number of oxime groups is 1. The number of nitrogens with two attached hydrogens (primary N) is 1. The van der Waals surface area contributed by atoms with Crippen molar-refractivity contribution < 1.29 is 14.2 Å². The summed E-state index contributed by atoms with van der Waals surface area (Å²) in [6, 6.07) is 9.67. The molecule has 0 radical (unpaired) electrons. The summed E-state index contributed by atoms with van der Waals surface area (Å²) in [5, 5.41) is 12.0. The molecule has 6 nitrogen and oxygen atoms in total. The lowest BCUT2D eigenvalue weighted by Gasteiger charge is -2.31. The zero-order valence-corrected chi connectivity index (χ0v) is 14.3. The SMILES string of the molecule is CC(C)(C)[S@](=O)N[C@@](C)(COCc1ccccc1)/C(N)=N\O. The summed E-state index contributed by atoms with van der Waals surface area (Å²) >= 11 is 0. The summed E-state index contributed by atoms with van der Waals surface area (Å²) in [4.78, 5) is 0. The number of rotatable bonds is 7. The zero-order valence-electron chi connectivity index (χ0n) is 13.5. The fourth-order valence-corrected chi connectivity index (χ4v) is 2.45. The predicted octanol–water partition coefficient (Wildman–Crippen LogP) is 1.76. The molecule has 7 heteroatoms. The Hall–Kier alpha value is -1.44. The largest absolute Gasteiger partial charge is 0.409 e. The van der Waals surface area contributed by atoms with Crippen LogP contribution in [0.5, 0.6) is 0 Å². The van der Waals surface area contributed by atoms with E-state index in [9.17, 15) is 4.21 Å². The number of nitrogens with zero attached hydrogens (tertiary/aromatic N) is 1. The Morgan fingerprint density at radius 2 is 1.91 bits per heavy atom. The minimum absolute atomic E-state index is 0.0711. The molecule has 22 heavy (non-hydrogen) atoms. The van der Waals surface area contributed by atoms with Crippen LogP contribution in [0.15, 0.2) is 35.5 Å². The molecule has 0 aromatic heterocycles. The zero-order chi connectivity index (χ0) is 16.8. The van der Waals surface area contributed by atoms with Crippen LogP contribution in [0.25, 0.3) is 0 Å². The molecule has 4 N–H and O–H groups in total. The van der Waals surface area contributed by atoms with Crippen LogP contribution in [0, 0.1) is 0 Å². The molecule has 0 spiro atoms. The van der Waals surface area contributed by atoms with Gasteiger partial charge >= 0.3 is 0 Å². The topological polar surface area (TPSA) is 96.9 Å². The van der Waals surface area contributed by atoms with E-state index in [-0.39, 0.29) is 12.4 Å². The maximum Gasteiger partial charge on any atom is 0.162 e. The molecule has 0 aliphatic carbocycles. The minimum atomic E-state index is -1.38. The summed E-state index contributed by atoms with van der Waals surface area (Å²) in [6.07, 6.45) is 0. The molecular weight excluding hydrogens is 302 g/mol. The lowest BCUT2D eigenvalue weighted by atomic mass is 10.0. The van der Waals surface area contributed by atoms with Gasteiger partial charge in [-0.2, -0.15) is 0 Å². The summed E-state index contributed by atoms with van der Waals surface area (Å²) in [6.45, 7) is 7.73. The Bertz CT molecular complexity index is 529. The standard InChI is InChI=1S/C15H25N3O3S/c1-14(2,3)22(20)18-15(4,13(16)17-19)11-21-10-12-8-6-5-7-9-12/h5-9,18-19H,10-11H2,1-4H3,(H2,16,17)/t15-,22-/m0/s1. The molecule has 1 rings (SSSR count). The van der Waals surface area contributed by atoms with Crippen molar-refractivity contribution >= 4 is 16.8 Å². The molecule has 1 aromatic rings. The first-order valence-electron chi connectivity index (χ1n) is 6.98. The number of ether oxygens (including phenoxy) is 1. The van der Waals surface area contributed by atoms with Crippen LogP contribution in [-0.2, 0) is 22.3 Å². The van der Waals surface area contributed by atoms with E-state index in [0.29, 0.717) is 6.61 Å². The van der Waals surface area contributed by atoms with Crippen LogP contribution in [0.1, 0.15) is 33.3 Å². The van der Waals surface area contributed by atoms with Gasteiger partial charge in [0.25, 0.3) is 0 Å². The Morgan fingerprint density at radius 3 is 2.41 bits per heavy atom. The van der Waals surface area contributed by atoms with Gasteiger partial charge < -0.3 is 15.7 Å². The van der Waals surface area contributed by atoms with E-state index in [0.717, 1.165) is 5.56 Å². The van der Waals surface area contributed by atoms with Gasteiger partial charge in [-0.25, -0.2) is 8.93 Å². The first-order valence-corrected chi connectivity index (χ1v) is 8.13. The second-order valence-corrected chi connectivity index (χ2v) is 8.25. The molecule has 0 heterocycles. The van der Waals surface area contributed by atoms with Crippen molar-refractivity contribution in [2.75, 3.05) is 6.61 Å². The van der Waals surface area contributed by atoms with Crippen LogP contribution >= 0.6 is 0 Å². The maximum atomic E-state index is 12.3. The van der Waals surface area contributed by atoms with E-state index in [1.54, 1.807) is 6.92 Å². The molecule has 0 saturated heterocycles. The lowest BCUT2D eigenvalue weighted by molar-refractivity contribution is 0.0926. The van der Waals surface area contributed by atoms with Gasteiger partial charge in [0.1, 0.15) is 5.54 Å². The van der Waals surface area contributed by atoms with Gasteiger partial charge in [0.2, 0.25) is 0 Å². The fourth-order valence-electron chi connectivity index (χ4n) is 1.57. The third-order valence-corrected chi connectivity index (χ3v) is 4.80. The lowest BCUT2D eigenvalue weighted by Crippen LogP contribution is -2.59. The molecule has 0 bridgehead atoms. The van der Waals surface area contributed by atoms with Gasteiger partial charge in [0.15, 0.2) is 5.84 Å². The fraction of sp³-hybridized carbons (Fsp3) is 0.533. The van der Waals surface area contributed by atoms with Crippen molar-refractivity contribution in [3.05, 3.63) is 35.9 Å². The molecule has 1 aromatic carbocycles. The highest BCUT2D eigenvalue weighted by Crippen LogP contribution is 2.15. The Morgan fingerprint density at radius 1 is 1.32 bits per heavy atom. The van der Waals surface area contributed by atoms with Crippen molar-refractivity contribution in [2.24, 2.45) is 10.9 Å². The summed E-state index contributed by atoms with van der Waals surface area (Å²) in [5.74, 6) is -0.0711. The van der Waals surface area contributed by atoms with E-state index >= 15 is 0 Å². The Labute approximate surface area is 134 Å². The third-order valence-electron chi connectivity index (χ3n) is 3.05. The normalized spacial score (nSPS) is 17.0. The molecule has 2 atom stereocenters. The van der Waals surface area contributed by atoms with E-state index < -0.39 is 21.3 Å². The predicted molar refractivity (Wildman–Crippen MR) is 88.9 cm³/mol. The smallest absolute Gasteiger partial charge is 0.162 e. The molecule has 0 aliphatic rings. The second kappa shape index (κ2) is 7.71. The highest BCUT2D eigenvalue weighted by atomic mass is 32.2. The van der Waals surface area contributed by atoms with Crippen LogP contribution in [0.2, 0.25) is 0 Å². The van der Waals surface area contributed by atoms with Gasteiger partial charge in [-0.1, -0.05) is 35.5 Å². The van der Waals surface area contributed by atoms with Crippen molar-refractivity contribution in [1.29, 1.82) is 0 Å². The van der Waals surface area contributed by atoms with Gasteiger partial charge in [0, 0.05) is 0 Å². The van der Waals surface area contributed by atoms with Gasteiger partial charge in [-0.3, -0.25) is 0 Å². The minimum Gasteiger partial charge on any atom is -0.409 e. The molecule has 0 fully saturated rings. The number of hydrogen-bond acceptors (Lipinski definition) is 4. The second-order valence-electron chi connectivity index (χ2n) is 6.28. The van der Waals surface area contributed by atoms with Crippen molar-refractivity contribution in [1.82, 2.24) is 4.72 Å². The number of nitrogens with one attached hydrogen (secondary N) is 1. The van der Waals surface area contributed by atoms with E-state index in [2.05, 4.69) is 9.88 Å². The van der Waals surface area contributed by atoms with Crippen LogP contribution < -0.4 is 10.5 Å². The van der Waals surface area contributed by atoms with E-state index in [1.165, 1.54) is 0 Å². The van der Waals surface area contributed by atoms with Crippen LogP contribution in [-0.4, -0.2) is 32.1 Å². The maximum absolute atomic E-state index is 12.3. The average Bonchev–Trinajstić information content (AvgIpc) is 2.46. The summed E-state index contributed by atoms with van der Waals surface area (Å²) < 4.78 is 20.4. The van der Waals surface area contributed by atoms with Crippen LogP contribution in [0.4, 0.5) is 0 Å². The summed E-state index contributed by atoms with van der Waals surface area (Å²) in [7, 11) is -1.38.